The van der Waals surface area contributed by atoms with Gasteiger partial charge in [-0.05, 0) is 33.6 Å². The van der Waals surface area contributed by atoms with E-state index in [4.69, 9.17) is 4.74 Å². The van der Waals surface area contributed by atoms with Crippen molar-refractivity contribution in [2.75, 3.05) is 19.6 Å². The lowest BCUT2D eigenvalue weighted by molar-refractivity contribution is -0.120. The van der Waals surface area contributed by atoms with E-state index in [-0.39, 0.29) is 24.9 Å². The van der Waals surface area contributed by atoms with Crippen LogP contribution < -0.4 is 16.0 Å². The Morgan fingerprint density at radius 1 is 1.04 bits per heavy atom. The molecule has 0 aromatic rings. The highest BCUT2D eigenvalue weighted by molar-refractivity contribution is 5.88. The smallest absolute Gasteiger partial charge is 0.408 e. The van der Waals surface area contributed by atoms with Gasteiger partial charge in [-0.15, -0.1) is 0 Å². The Bertz CT molecular complexity index is 451. The Labute approximate surface area is 138 Å². The number of amides is 3. The van der Waals surface area contributed by atoms with Gasteiger partial charge in [0.25, 0.3) is 0 Å². The summed E-state index contributed by atoms with van der Waals surface area (Å²) in [6.45, 7) is 11.6. The summed E-state index contributed by atoms with van der Waals surface area (Å²) < 4.78 is 5.01. The van der Waals surface area contributed by atoms with Crippen molar-refractivity contribution >= 4 is 17.9 Å². The Balaban J connectivity index is 3.86. The molecule has 0 aromatic heterocycles. The van der Waals surface area contributed by atoms with Crippen LogP contribution in [0.2, 0.25) is 0 Å². The number of carbonyl (C=O) groups excluding carboxylic acids is 3. The van der Waals surface area contributed by atoms with E-state index in [0.29, 0.717) is 12.5 Å². The normalized spacial score (nSPS) is 11.9. The van der Waals surface area contributed by atoms with E-state index < -0.39 is 11.7 Å². The van der Waals surface area contributed by atoms with Gasteiger partial charge in [-0.3, -0.25) is 9.59 Å². The first-order valence-corrected chi connectivity index (χ1v) is 7.71. The van der Waals surface area contributed by atoms with Gasteiger partial charge in [0.2, 0.25) is 11.8 Å². The molecule has 0 unspecified atom stereocenters. The van der Waals surface area contributed by atoms with Crippen molar-refractivity contribution < 1.29 is 19.1 Å². The molecule has 3 N–H and O–H groups in total. The van der Waals surface area contributed by atoms with Crippen molar-refractivity contribution in [3.05, 3.63) is 11.6 Å². The van der Waals surface area contributed by atoms with E-state index >= 15 is 0 Å². The molecule has 23 heavy (non-hydrogen) atoms. The quantitative estimate of drug-likeness (QED) is 0.486. The van der Waals surface area contributed by atoms with Gasteiger partial charge in [0, 0.05) is 19.2 Å². The maximum absolute atomic E-state index is 11.6. The van der Waals surface area contributed by atoms with Gasteiger partial charge in [0.15, 0.2) is 0 Å². The summed E-state index contributed by atoms with van der Waals surface area (Å²) in [6.07, 6.45) is 0.909. The first-order valence-electron chi connectivity index (χ1n) is 7.71. The highest BCUT2D eigenvalue weighted by Gasteiger charge is 2.16. The van der Waals surface area contributed by atoms with Crippen LogP contribution in [0.25, 0.3) is 0 Å². The van der Waals surface area contributed by atoms with Gasteiger partial charge in [-0.25, -0.2) is 4.79 Å². The van der Waals surface area contributed by atoms with Crippen LogP contribution in [0.4, 0.5) is 4.79 Å². The first-order chi connectivity index (χ1) is 10.5. The molecule has 0 radical (unpaired) electrons. The van der Waals surface area contributed by atoms with Crippen LogP contribution in [0.3, 0.4) is 0 Å². The van der Waals surface area contributed by atoms with E-state index in [0.717, 1.165) is 5.57 Å². The number of hydrogen-bond acceptors (Lipinski definition) is 4. The molecular formula is C16H29N3O4. The highest BCUT2D eigenvalue weighted by atomic mass is 16.6. The number of rotatable bonds is 7. The van der Waals surface area contributed by atoms with Gasteiger partial charge in [0.1, 0.15) is 5.60 Å². The molecule has 0 aliphatic carbocycles. The van der Waals surface area contributed by atoms with Gasteiger partial charge in [-0.2, -0.15) is 0 Å². The number of nitrogens with one attached hydrogen (secondary N) is 3. The van der Waals surface area contributed by atoms with E-state index in [1.165, 1.54) is 0 Å². The zero-order valence-electron chi connectivity index (χ0n) is 14.9. The fraction of sp³-hybridized carbons (Fsp3) is 0.688. The molecule has 0 aromatic carbocycles. The Morgan fingerprint density at radius 3 is 2.13 bits per heavy atom. The average molecular weight is 327 g/mol. The second-order valence-electron chi connectivity index (χ2n) is 6.54. The van der Waals surface area contributed by atoms with E-state index in [2.05, 4.69) is 16.0 Å². The van der Waals surface area contributed by atoms with Crippen LogP contribution in [0.15, 0.2) is 11.6 Å². The molecular weight excluding hydrogens is 298 g/mol. The Morgan fingerprint density at radius 2 is 1.61 bits per heavy atom. The predicted molar refractivity (Wildman–Crippen MR) is 88.9 cm³/mol. The maximum Gasteiger partial charge on any atom is 0.408 e. The van der Waals surface area contributed by atoms with Crippen molar-refractivity contribution in [1.29, 1.82) is 0 Å². The van der Waals surface area contributed by atoms with Crippen LogP contribution in [-0.4, -0.2) is 43.1 Å². The van der Waals surface area contributed by atoms with Gasteiger partial charge >= 0.3 is 6.09 Å². The number of hydrogen-bond donors (Lipinski definition) is 3. The number of allylic oxidation sites excluding steroid dienone is 1. The third kappa shape index (κ3) is 12.2. The Hall–Kier alpha value is -2.05. The summed E-state index contributed by atoms with van der Waals surface area (Å²) in [5, 5.41) is 7.62. The van der Waals surface area contributed by atoms with Crippen molar-refractivity contribution in [2.45, 2.75) is 47.1 Å². The molecule has 7 heteroatoms. The predicted octanol–water partition coefficient (Wildman–Crippen LogP) is 1.35. The summed E-state index contributed by atoms with van der Waals surface area (Å²) in [5.74, 6) is -0.212. The van der Waals surface area contributed by atoms with Gasteiger partial charge in [-0.1, -0.05) is 19.4 Å². The molecule has 0 bridgehead atoms. The molecule has 3 amide bonds. The zero-order valence-corrected chi connectivity index (χ0v) is 14.9. The average Bonchev–Trinajstić information content (AvgIpc) is 2.39. The first kappa shape index (κ1) is 20.9. The molecule has 0 aliphatic rings. The fourth-order valence-electron chi connectivity index (χ4n) is 1.34. The number of alkyl carbamates (subject to hydrolysis) is 1. The second-order valence-corrected chi connectivity index (χ2v) is 6.54. The summed E-state index contributed by atoms with van der Waals surface area (Å²) in [7, 11) is 0. The highest BCUT2D eigenvalue weighted by Crippen LogP contribution is 2.07. The lowest BCUT2D eigenvalue weighted by Gasteiger charge is -2.19. The molecule has 132 valence electrons. The molecule has 0 rings (SSSR count). The molecule has 0 spiro atoms. The molecule has 0 saturated heterocycles. The monoisotopic (exact) mass is 327 g/mol. The topological polar surface area (TPSA) is 96.5 Å². The molecule has 0 atom stereocenters. The van der Waals surface area contributed by atoms with Crippen molar-refractivity contribution in [3.63, 3.8) is 0 Å². The minimum Gasteiger partial charge on any atom is -0.444 e. The van der Waals surface area contributed by atoms with E-state index in [1.807, 2.05) is 20.8 Å². The summed E-state index contributed by atoms with van der Waals surface area (Å²) in [4.78, 5) is 34.5. The van der Waals surface area contributed by atoms with Crippen molar-refractivity contribution in [2.24, 2.45) is 5.92 Å². The van der Waals surface area contributed by atoms with Crippen molar-refractivity contribution in [3.8, 4) is 0 Å². The molecule has 0 saturated carbocycles. The summed E-state index contributed by atoms with van der Waals surface area (Å²) >= 11 is 0. The maximum atomic E-state index is 11.6. The molecule has 7 nitrogen and oxygen atoms in total. The van der Waals surface area contributed by atoms with E-state index in [9.17, 15) is 14.4 Å². The standard InChI is InChI=1S/C16H29N3O4/c1-11(2)12(3)9-13(20)17-7-8-18-14(21)10-19-15(22)23-16(4,5)6/h9,11H,7-8,10H2,1-6H3,(H,17,20)(H,18,21)(H,19,22)/b12-9+. The molecule has 0 heterocycles. The van der Waals surface area contributed by atoms with Crippen LogP contribution >= 0.6 is 0 Å². The fourth-order valence-corrected chi connectivity index (χ4v) is 1.34. The van der Waals surface area contributed by atoms with Crippen molar-refractivity contribution in [1.82, 2.24) is 16.0 Å². The minimum atomic E-state index is -0.643. The molecule has 0 aliphatic heterocycles. The minimum absolute atomic E-state index is 0.171. The molecule has 0 fully saturated rings. The van der Waals surface area contributed by atoms with E-state index in [1.54, 1.807) is 26.8 Å². The van der Waals surface area contributed by atoms with Crippen LogP contribution in [0.1, 0.15) is 41.5 Å². The van der Waals surface area contributed by atoms with Gasteiger partial charge < -0.3 is 20.7 Å². The summed E-state index contributed by atoms with van der Waals surface area (Å²) in [6, 6.07) is 0. The van der Waals surface area contributed by atoms with Crippen LogP contribution in [-0.2, 0) is 14.3 Å². The van der Waals surface area contributed by atoms with Gasteiger partial charge in [0.05, 0.1) is 6.54 Å². The Kier molecular flexibility index (Phi) is 8.98. The largest absolute Gasteiger partial charge is 0.444 e. The zero-order chi connectivity index (χ0) is 18.0. The lowest BCUT2D eigenvalue weighted by atomic mass is 10.1. The number of carbonyl (C=O) groups is 3. The second kappa shape index (κ2) is 9.86. The van der Waals surface area contributed by atoms with Crippen LogP contribution in [0.5, 0.6) is 0 Å². The lowest BCUT2D eigenvalue weighted by Crippen LogP contribution is -2.41. The third-order valence-corrected chi connectivity index (χ3v) is 2.81. The number of ether oxygens (including phenoxy) is 1. The SMILES string of the molecule is C/C(=C\C(=O)NCCNC(=O)CNC(=O)OC(C)(C)C)C(C)C. The van der Waals surface area contributed by atoms with Crippen LogP contribution in [0, 0.1) is 5.92 Å². The third-order valence-electron chi connectivity index (χ3n) is 2.81. The summed E-state index contributed by atoms with van der Waals surface area (Å²) in [5.41, 5.74) is 0.389.